The van der Waals surface area contributed by atoms with Crippen LogP contribution in [-0.2, 0) is 10.8 Å². The van der Waals surface area contributed by atoms with Crippen LogP contribution in [-0.4, -0.2) is 0 Å². The average molecular weight is 734 g/mol. The van der Waals surface area contributed by atoms with Crippen molar-refractivity contribution < 1.29 is 0 Å². The van der Waals surface area contributed by atoms with E-state index in [0.717, 1.165) is 17.1 Å². The fourth-order valence-electron chi connectivity index (χ4n) is 8.98. The Morgan fingerprint density at radius 2 is 0.702 bits per heavy atom. The molecule has 9 aromatic rings. The third-order valence-corrected chi connectivity index (χ3v) is 12.1. The molecule has 1 nitrogen and oxygen atoms in total. The van der Waals surface area contributed by atoms with Crippen molar-refractivity contribution in [1.29, 1.82) is 0 Å². The Labute approximate surface area is 336 Å². The standard InChI is InChI=1S/C56H47N/c1-55(2,3)40-22-27-42(28-23-40)57(43-29-24-41(25-30-43)56(4,5)6)44-26-21-38-32-47-48(33-39(38)31-44)50-35-52-51(34-49(47)50)53(36-15-9-7-10-16-36)45-19-13-14-20-46(45)54(52)37-17-11-8-12-18-37/h7-35H,1-6H3. The molecule has 57 heavy (non-hydrogen) atoms. The molecule has 0 heterocycles. The number of hydrogen-bond donors (Lipinski definition) is 0. The molecule has 276 valence electrons. The van der Waals surface area contributed by atoms with Gasteiger partial charge in [0.15, 0.2) is 0 Å². The minimum Gasteiger partial charge on any atom is -0.310 e. The van der Waals surface area contributed by atoms with E-state index in [1.54, 1.807) is 0 Å². The van der Waals surface area contributed by atoms with Crippen LogP contribution in [0.4, 0.5) is 17.1 Å². The van der Waals surface area contributed by atoms with Gasteiger partial charge in [-0.3, -0.25) is 0 Å². The first-order valence-electron chi connectivity index (χ1n) is 20.3. The van der Waals surface area contributed by atoms with E-state index in [0.29, 0.717) is 0 Å². The molecule has 0 radical (unpaired) electrons. The van der Waals surface area contributed by atoms with Gasteiger partial charge in [-0.1, -0.05) is 157 Å². The molecule has 1 aliphatic carbocycles. The molecule has 0 fully saturated rings. The van der Waals surface area contributed by atoms with E-state index in [1.807, 2.05) is 0 Å². The third-order valence-electron chi connectivity index (χ3n) is 12.1. The van der Waals surface area contributed by atoms with Crippen molar-refractivity contribution in [2.45, 2.75) is 52.4 Å². The molecule has 0 N–H and O–H groups in total. The van der Waals surface area contributed by atoms with E-state index in [4.69, 9.17) is 0 Å². The Balaban J connectivity index is 1.15. The first kappa shape index (κ1) is 35.0. The van der Waals surface area contributed by atoms with Gasteiger partial charge in [0.05, 0.1) is 0 Å². The van der Waals surface area contributed by atoms with E-state index in [-0.39, 0.29) is 10.8 Å². The molecule has 1 aliphatic rings. The molecule has 0 unspecified atom stereocenters. The highest BCUT2D eigenvalue weighted by Crippen LogP contribution is 2.54. The average Bonchev–Trinajstić information content (AvgIpc) is 3.22. The summed E-state index contributed by atoms with van der Waals surface area (Å²) in [5.41, 5.74) is 16.7. The number of nitrogens with zero attached hydrogens (tertiary/aromatic N) is 1. The largest absolute Gasteiger partial charge is 0.310 e. The Kier molecular flexibility index (Phi) is 8.03. The predicted molar refractivity (Wildman–Crippen MR) is 246 cm³/mol. The van der Waals surface area contributed by atoms with Gasteiger partial charge < -0.3 is 4.90 Å². The monoisotopic (exact) mass is 733 g/mol. The molecule has 0 saturated heterocycles. The fraction of sp³-hybridized carbons (Fsp3) is 0.143. The third kappa shape index (κ3) is 5.92. The maximum atomic E-state index is 2.48. The van der Waals surface area contributed by atoms with Crippen LogP contribution in [0.5, 0.6) is 0 Å². The molecule has 1 heteroatoms. The normalized spacial score (nSPS) is 12.4. The van der Waals surface area contributed by atoms with Crippen molar-refractivity contribution in [3.8, 4) is 44.5 Å². The summed E-state index contributed by atoms with van der Waals surface area (Å²) in [5, 5.41) is 7.65. The lowest BCUT2D eigenvalue weighted by Gasteiger charge is -2.29. The first-order valence-corrected chi connectivity index (χ1v) is 20.3. The van der Waals surface area contributed by atoms with Crippen LogP contribution in [0, 0.1) is 0 Å². The van der Waals surface area contributed by atoms with Gasteiger partial charge in [-0.05, 0) is 159 Å². The first-order chi connectivity index (χ1) is 27.5. The van der Waals surface area contributed by atoms with E-state index in [1.165, 1.54) is 88.0 Å². The van der Waals surface area contributed by atoms with Gasteiger partial charge in [0.25, 0.3) is 0 Å². The molecule has 0 amide bonds. The molecular formula is C56H47N. The number of anilines is 3. The topological polar surface area (TPSA) is 3.24 Å². The second-order valence-corrected chi connectivity index (χ2v) is 17.8. The van der Waals surface area contributed by atoms with Gasteiger partial charge in [0.1, 0.15) is 0 Å². The van der Waals surface area contributed by atoms with Crippen LogP contribution in [0.25, 0.3) is 76.8 Å². The maximum Gasteiger partial charge on any atom is 0.0468 e. The Morgan fingerprint density at radius 3 is 1.14 bits per heavy atom. The Morgan fingerprint density at radius 1 is 0.316 bits per heavy atom. The summed E-state index contributed by atoms with van der Waals surface area (Å²) in [6.45, 7) is 13.7. The predicted octanol–water partition coefficient (Wildman–Crippen LogP) is 16.2. The van der Waals surface area contributed by atoms with Crippen molar-refractivity contribution in [3.05, 3.63) is 187 Å². The summed E-state index contributed by atoms with van der Waals surface area (Å²) in [7, 11) is 0. The number of hydrogen-bond acceptors (Lipinski definition) is 1. The Hall–Kier alpha value is -6.44. The SMILES string of the molecule is CC(C)(C)c1ccc(N(c2ccc(C(C)(C)C)cc2)c2ccc3cc4c(cc3c2)-c2cc3c(-c5ccccc5)c5ccccc5c(-c5ccccc5)c3cc2-4)cc1. The quantitative estimate of drug-likeness (QED) is 0.159. The molecule has 0 spiro atoms. The van der Waals surface area contributed by atoms with Crippen molar-refractivity contribution in [3.63, 3.8) is 0 Å². The lowest BCUT2D eigenvalue weighted by molar-refractivity contribution is 0.590. The number of benzene rings is 9. The van der Waals surface area contributed by atoms with Crippen LogP contribution >= 0.6 is 0 Å². The zero-order valence-electron chi connectivity index (χ0n) is 33.7. The van der Waals surface area contributed by atoms with E-state index >= 15 is 0 Å². The molecular weight excluding hydrogens is 687 g/mol. The molecule has 0 saturated carbocycles. The minimum atomic E-state index is 0.0855. The van der Waals surface area contributed by atoms with Crippen molar-refractivity contribution in [1.82, 2.24) is 0 Å². The van der Waals surface area contributed by atoms with E-state index in [9.17, 15) is 0 Å². The molecule has 10 rings (SSSR count). The van der Waals surface area contributed by atoms with Gasteiger partial charge in [-0.15, -0.1) is 0 Å². The second kappa shape index (κ2) is 13.1. The lowest BCUT2D eigenvalue weighted by atomic mass is 9.75. The van der Waals surface area contributed by atoms with Crippen LogP contribution in [0.1, 0.15) is 52.7 Å². The number of rotatable bonds is 5. The molecule has 9 aromatic carbocycles. The molecule has 0 aromatic heterocycles. The summed E-state index contributed by atoms with van der Waals surface area (Å²) in [4.78, 5) is 2.40. The zero-order chi connectivity index (χ0) is 39.1. The fourth-order valence-corrected chi connectivity index (χ4v) is 8.98. The van der Waals surface area contributed by atoms with Gasteiger partial charge in [-0.25, -0.2) is 0 Å². The van der Waals surface area contributed by atoms with Gasteiger partial charge in [0, 0.05) is 17.1 Å². The van der Waals surface area contributed by atoms with Crippen molar-refractivity contribution in [2.24, 2.45) is 0 Å². The van der Waals surface area contributed by atoms with E-state index < -0.39 is 0 Å². The Bertz CT molecular complexity index is 2920. The van der Waals surface area contributed by atoms with E-state index in [2.05, 4.69) is 222 Å². The smallest absolute Gasteiger partial charge is 0.0468 e. The second-order valence-electron chi connectivity index (χ2n) is 17.8. The zero-order valence-corrected chi connectivity index (χ0v) is 33.7. The van der Waals surface area contributed by atoms with Crippen molar-refractivity contribution in [2.75, 3.05) is 4.90 Å². The summed E-state index contributed by atoms with van der Waals surface area (Å²) in [6, 6.07) is 65.8. The highest BCUT2D eigenvalue weighted by molar-refractivity contribution is 6.24. The molecule has 0 bridgehead atoms. The molecule has 0 atom stereocenters. The van der Waals surface area contributed by atoms with Crippen molar-refractivity contribution >= 4 is 49.4 Å². The lowest BCUT2D eigenvalue weighted by Crippen LogP contribution is -2.14. The van der Waals surface area contributed by atoms with Crippen LogP contribution in [0.15, 0.2) is 176 Å². The minimum absolute atomic E-state index is 0.0855. The highest BCUT2D eigenvalue weighted by atomic mass is 15.1. The highest BCUT2D eigenvalue weighted by Gasteiger charge is 2.27. The van der Waals surface area contributed by atoms with Gasteiger partial charge in [0.2, 0.25) is 0 Å². The van der Waals surface area contributed by atoms with Gasteiger partial charge >= 0.3 is 0 Å². The summed E-state index contributed by atoms with van der Waals surface area (Å²) in [6.07, 6.45) is 0. The van der Waals surface area contributed by atoms with Crippen LogP contribution in [0.3, 0.4) is 0 Å². The van der Waals surface area contributed by atoms with Crippen LogP contribution < -0.4 is 4.90 Å². The van der Waals surface area contributed by atoms with Crippen LogP contribution in [0.2, 0.25) is 0 Å². The van der Waals surface area contributed by atoms with Gasteiger partial charge in [-0.2, -0.15) is 0 Å². The summed E-state index contributed by atoms with van der Waals surface area (Å²) < 4.78 is 0. The number of fused-ring (bicyclic) bond motifs is 7. The summed E-state index contributed by atoms with van der Waals surface area (Å²) in [5.74, 6) is 0. The molecule has 0 aliphatic heterocycles. The maximum absolute atomic E-state index is 2.48. The summed E-state index contributed by atoms with van der Waals surface area (Å²) >= 11 is 0.